The molecule has 1 aliphatic carbocycles. The number of ether oxygens (including phenoxy) is 3. The molecule has 0 bridgehead atoms. The van der Waals surface area contributed by atoms with Gasteiger partial charge in [0.05, 0.1) is 31.5 Å². The van der Waals surface area contributed by atoms with Gasteiger partial charge in [-0.1, -0.05) is 18.6 Å². The van der Waals surface area contributed by atoms with E-state index in [-0.39, 0.29) is 17.8 Å². The molecular formula is C41H47F3N2O5. The minimum Gasteiger partial charge on any atom is -0.457 e. The molecule has 51 heavy (non-hydrogen) atoms. The van der Waals surface area contributed by atoms with Crippen molar-refractivity contribution in [3.63, 3.8) is 0 Å². The maximum Gasteiger partial charge on any atom is 0.416 e. The Balaban J connectivity index is 1.03. The molecule has 2 aliphatic heterocycles. The summed E-state index contributed by atoms with van der Waals surface area (Å²) >= 11 is 0. The number of nitrogens with zero attached hydrogens (tertiary/aromatic N) is 1. The molecule has 6 rings (SSSR count). The lowest BCUT2D eigenvalue weighted by molar-refractivity contribution is -0.137. The van der Waals surface area contributed by atoms with Gasteiger partial charge in [0.2, 0.25) is 0 Å². The number of carbonyl (C=O) groups is 2. The summed E-state index contributed by atoms with van der Waals surface area (Å²) in [7, 11) is 0. The third-order valence-corrected chi connectivity index (χ3v) is 10.5. The van der Waals surface area contributed by atoms with E-state index in [2.05, 4.69) is 35.5 Å². The number of fused-ring (bicyclic) bond motifs is 1. The van der Waals surface area contributed by atoms with E-state index < -0.39 is 11.7 Å². The quantitative estimate of drug-likeness (QED) is 0.181. The van der Waals surface area contributed by atoms with Gasteiger partial charge in [-0.2, -0.15) is 13.2 Å². The molecule has 1 saturated heterocycles. The Labute approximate surface area is 297 Å². The number of ketones is 1. The summed E-state index contributed by atoms with van der Waals surface area (Å²) in [5, 5.41) is 5.28. The largest absolute Gasteiger partial charge is 0.457 e. The molecule has 1 amide bonds. The summed E-state index contributed by atoms with van der Waals surface area (Å²) in [6, 6.07) is 15.7. The Hall–Kier alpha value is -4.15. The number of amides is 1. The van der Waals surface area contributed by atoms with Gasteiger partial charge in [-0.05, 0) is 123 Å². The van der Waals surface area contributed by atoms with Crippen LogP contribution in [0.5, 0.6) is 11.5 Å². The Morgan fingerprint density at radius 3 is 2.33 bits per heavy atom. The maximum atomic E-state index is 13.2. The minimum atomic E-state index is -4.40. The molecule has 2 fully saturated rings. The zero-order valence-corrected chi connectivity index (χ0v) is 29.3. The van der Waals surface area contributed by atoms with Crippen LogP contribution in [0.25, 0.3) is 12.3 Å². The van der Waals surface area contributed by atoms with E-state index in [4.69, 9.17) is 14.2 Å². The van der Waals surface area contributed by atoms with Crippen molar-refractivity contribution in [3.05, 3.63) is 93.4 Å². The van der Waals surface area contributed by atoms with Gasteiger partial charge in [0, 0.05) is 48.1 Å². The number of rotatable bonds is 10. The second-order valence-electron chi connectivity index (χ2n) is 14.1. The lowest BCUT2D eigenvalue weighted by atomic mass is 9.91. The Morgan fingerprint density at radius 1 is 0.922 bits per heavy atom. The SMILES string of the molecule is Cc1c(C(=O)NCC2COCCO2)ccc2c1=CN(CC1CCCC(CC(=O)c3ccc(Oc4ccc(C(F)(F)F)cc4)cc3)CC1)C(C)CC=2. The van der Waals surface area contributed by atoms with Crippen LogP contribution in [-0.4, -0.2) is 61.6 Å². The third kappa shape index (κ3) is 9.60. The van der Waals surface area contributed by atoms with Gasteiger partial charge in [-0.3, -0.25) is 9.59 Å². The van der Waals surface area contributed by atoms with Crippen molar-refractivity contribution in [2.45, 2.75) is 77.1 Å². The van der Waals surface area contributed by atoms with E-state index >= 15 is 0 Å². The number of nitrogens with one attached hydrogen (secondary N) is 1. The Bertz CT molecular complexity index is 1790. The lowest BCUT2D eigenvalue weighted by Gasteiger charge is -2.30. The second-order valence-corrected chi connectivity index (χ2v) is 14.1. The molecule has 0 spiro atoms. The number of carbonyl (C=O) groups excluding carboxylic acids is 2. The molecule has 3 aromatic rings. The number of alkyl halides is 3. The van der Waals surface area contributed by atoms with Crippen LogP contribution in [-0.2, 0) is 15.7 Å². The number of Topliss-reactive ketones (excluding diaryl/α,β-unsaturated/α-hetero) is 1. The summed E-state index contributed by atoms with van der Waals surface area (Å²) in [5.74, 6) is 1.57. The molecule has 7 nitrogen and oxygen atoms in total. The molecule has 4 unspecified atom stereocenters. The number of hydrogen-bond acceptors (Lipinski definition) is 6. The molecule has 272 valence electrons. The summed E-state index contributed by atoms with van der Waals surface area (Å²) < 4.78 is 55.4. The highest BCUT2D eigenvalue weighted by molar-refractivity contribution is 5.96. The standard InChI is InChI=1S/C41H47F3N2O5/c1-27-6-9-31-12-19-37(40(48)45-23-36-26-49-20-21-50-36)28(2)38(31)25-46(27)24-30-5-3-4-29(7-8-30)22-39(47)32-10-15-34(16-11-32)51-35-17-13-33(14-18-35)41(42,43)44/h9-19,25,27,29-30,36H,3-8,20-24,26H2,1-2H3,(H,45,48). The molecule has 0 radical (unpaired) electrons. The highest BCUT2D eigenvalue weighted by Gasteiger charge is 2.30. The molecule has 1 saturated carbocycles. The first-order valence-electron chi connectivity index (χ1n) is 18.1. The van der Waals surface area contributed by atoms with Crippen LogP contribution >= 0.6 is 0 Å². The van der Waals surface area contributed by atoms with Crippen LogP contribution < -0.4 is 20.5 Å². The highest BCUT2D eigenvalue weighted by Crippen LogP contribution is 2.33. The molecule has 1 N–H and O–H groups in total. The molecule has 4 atom stereocenters. The van der Waals surface area contributed by atoms with E-state index in [1.807, 2.05) is 13.0 Å². The topological polar surface area (TPSA) is 77.1 Å². The predicted molar refractivity (Wildman–Crippen MR) is 190 cm³/mol. The zero-order chi connectivity index (χ0) is 36.0. The van der Waals surface area contributed by atoms with Crippen molar-refractivity contribution in [2.75, 3.05) is 32.9 Å². The van der Waals surface area contributed by atoms with Crippen LogP contribution in [0, 0.1) is 18.8 Å². The normalized spacial score (nSPS) is 22.4. The van der Waals surface area contributed by atoms with Crippen LogP contribution in [0.1, 0.15) is 83.7 Å². The zero-order valence-electron chi connectivity index (χ0n) is 29.3. The first kappa shape index (κ1) is 36.6. The maximum absolute atomic E-state index is 13.2. The van der Waals surface area contributed by atoms with E-state index in [0.717, 1.165) is 73.2 Å². The third-order valence-electron chi connectivity index (χ3n) is 10.5. The van der Waals surface area contributed by atoms with Crippen molar-refractivity contribution in [2.24, 2.45) is 11.8 Å². The van der Waals surface area contributed by atoms with E-state index in [0.29, 0.717) is 73.3 Å². The number of halogens is 3. The van der Waals surface area contributed by atoms with Crippen LogP contribution in [0.4, 0.5) is 13.2 Å². The number of hydrogen-bond donors (Lipinski definition) is 1. The summed E-state index contributed by atoms with van der Waals surface area (Å²) in [4.78, 5) is 28.9. The fourth-order valence-electron chi connectivity index (χ4n) is 7.34. The predicted octanol–water partition coefficient (Wildman–Crippen LogP) is 7.03. The van der Waals surface area contributed by atoms with Crippen molar-refractivity contribution in [3.8, 4) is 11.5 Å². The van der Waals surface area contributed by atoms with Gasteiger partial charge in [0.25, 0.3) is 5.91 Å². The average Bonchev–Trinajstić information content (AvgIpc) is 3.44. The lowest BCUT2D eigenvalue weighted by Crippen LogP contribution is -2.41. The average molecular weight is 705 g/mol. The first-order chi connectivity index (χ1) is 24.5. The summed E-state index contributed by atoms with van der Waals surface area (Å²) in [6.07, 6.45) is 6.67. The molecule has 2 heterocycles. The summed E-state index contributed by atoms with van der Waals surface area (Å²) in [6.45, 7) is 7.25. The molecule has 0 aromatic heterocycles. The van der Waals surface area contributed by atoms with Crippen molar-refractivity contribution >= 4 is 24.0 Å². The van der Waals surface area contributed by atoms with Crippen LogP contribution in [0.3, 0.4) is 0 Å². The van der Waals surface area contributed by atoms with Gasteiger partial charge in [-0.25, -0.2) is 0 Å². The van der Waals surface area contributed by atoms with Crippen LogP contribution in [0.2, 0.25) is 0 Å². The number of benzene rings is 3. The van der Waals surface area contributed by atoms with Gasteiger partial charge >= 0.3 is 6.18 Å². The van der Waals surface area contributed by atoms with Gasteiger partial charge in [0.1, 0.15) is 11.5 Å². The minimum absolute atomic E-state index is 0.0936. The Morgan fingerprint density at radius 2 is 1.63 bits per heavy atom. The highest BCUT2D eigenvalue weighted by atomic mass is 19.4. The first-order valence-corrected chi connectivity index (χ1v) is 18.1. The molecule has 3 aromatic carbocycles. The fourth-order valence-corrected chi connectivity index (χ4v) is 7.34. The van der Waals surface area contributed by atoms with Gasteiger partial charge in [0.15, 0.2) is 5.78 Å². The fraction of sp³-hybridized carbons (Fsp3) is 0.463. The van der Waals surface area contributed by atoms with Crippen LogP contribution in [0.15, 0.2) is 60.7 Å². The Kier molecular flexibility index (Phi) is 11.8. The molecule has 3 aliphatic rings. The van der Waals surface area contributed by atoms with Gasteiger partial charge < -0.3 is 24.4 Å². The second kappa shape index (κ2) is 16.5. The van der Waals surface area contributed by atoms with Crippen molar-refractivity contribution < 1.29 is 37.0 Å². The summed E-state index contributed by atoms with van der Waals surface area (Å²) in [5.41, 5.74) is 1.52. The monoisotopic (exact) mass is 704 g/mol. The van der Waals surface area contributed by atoms with E-state index in [9.17, 15) is 22.8 Å². The van der Waals surface area contributed by atoms with Gasteiger partial charge in [-0.15, -0.1) is 0 Å². The van der Waals surface area contributed by atoms with E-state index in [1.54, 1.807) is 24.3 Å². The van der Waals surface area contributed by atoms with E-state index in [1.165, 1.54) is 12.1 Å². The van der Waals surface area contributed by atoms with Crippen molar-refractivity contribution in [1.82, 2.24) is 10.2 Å². The molecule has 10 heteroatoms. The molecular weight excluding hydrogens is 657 g/mol. The smallest absolute Gasteiger partial charge is 0.416 e. The van der Waals surface area contributed by atoms with Crippen molar-refractivity contribution in [1.29, 1.82) is 0 Å².